The summed E-state index contributed by atoms with van der Waals surface area (Å²) in [5.41, 5.74) is 1.45. The molecule has 0 spiro atoms. The highest BCUT2D eigenvalue weighted by Gasteiger charge is 2.32. The number of nitrogens with zero attached hydrogens (tertiary/aromatic N) is 4. The van der Waals surface area contributed by atoms with Crippen molar-refractivity contribution in [3.05, 3.63) is 45.1 Å². The summed E-state index contributed by atoms with van der Waals surface area (Å²) < 4.78 is 15.1. The topological polar surface area (TPSA) is 70.7 Å². The third-order valence-electron chi connectivity index (χ3n) is 5.96. The maximum Gasteiger partial charge on any atom is 0.268 e. The summed E-state index contributed by atoms with van der Waals surface area (Å²) in [5.74, 6) is 2.83. The fourth-order valence-corrected chi connectivity index (χ4v) is 6.60. The zero-order chi connectivity index (χ0) is 23.3. The number of thioether (sulfide) groups is 1. The van der Waals surface area contributed by atoms with Crippen LogP contribution in [0.4, 0.5) is 0 Å². The molecule has 0 N–H and O–H groups in total. The average Bonchev–Trinajstić information content (AvgIpc) is 3.35. The van der Waals surface area contributed by atoms with Gasteiger partial charge in [0.2, 0.25) is 5.78 Å². The highest BCUT2D eigenvalue weighted by Crippen LogP contribution is 2.39. The standard InChI is InChI=1S/C24H28N4O3S2/c1-14(2)10-11-32-23-26-25-22-27(15-6-8-16(30-5)9-7-15)20(29)19-17-12-24(3,4)31-13-18(17)33-21(19)28(22)23/h6-9,14H,10-13H2,1-5H3. The van der Waals surface area contributed by atoms with Gasteiger partial charge in [0.05, 0.1) is 30.4 Å². The molecular formula is C24H28N4O3S2. The molecule has 33 heavy (non-hydrogen) atoms. The van der Waals surface area contributed by atoms with Crippen molar-refractivity contribution >= 4 is 39.1 Å². The van der Waals surface area contributed by atoms with Gasteiger partial charge in [-0.05, 0) is 56.0 Å². The Bertz CT molecular complexity index is 1380. The molecule has 4 aromatic rings. The van der Waals surface area contributed by atoms with Crippen molar-refractivity contribution in [2.75, 3.05) is 12.9 Å². The third kappa shape index (κ3) is 3.96. The summed E-state index contributed by atoms with van der Waals surface area (Å²) in [6.45, 7) is 9.11. The lowest BCUT2D eigenvalue weighted by atomic mass is 9.94. The fraction of sp³-hybridized carbons (Fsp3) is 0.458. The molecule has 3 aromatic heterocycles. The molecule has 7 nitrogen and oxygen atoms in total. The van der Waals surface area contributed by atoms with E-state index in [0.717, 1.165) is 49.4 Å². The highest BCUT2D eigenvalue weighted by molar-refractivity contribution is 7.99. The van der Waals surface area contributed by atoms with E-state index in [2.05, 4.69) is 42.3 Å². The minimum absolute atomic E-state index is 0.0657. The molecule has 0 saturated carbocycles. The van der Waals surface area contributed by atoms with E-state index in [0.29, 0.717) is 24.7 Å². The maximum atomic E-state index is 14.0. The first kappa shape index (κ1) is 22.4. The van der Waals surface area contributed by atoms with Crippen molar-refractivity contribution in [2.45, 2.75) is 57.9 Å². The Hall–Kier alpha value is -2.36. The first-order valence-corrected chi connectivity index (χ1v) is 12.9. The third-order valence-corrected chi connectivity index (χ3v) is 8.11. The lowest BCUT2D eigenvalue weighted by Crippen LogP contribution is -2.32. The predicted molar refractivity (Wildman–Crippen MR) is 133 cm³/mol. The van der Waals surface area contributed by atoms with E-state index in [1.54, 1.807) is 34.8 Å². The molecule has 5 rings (SSSR count). The van der Waals surface area contributed by atoms with Gasteiger partial charge in [-0.1, -0.05) is 25.6 Å². The number of methoxy groups -OCH3 is 1. The van der Waals surface area contributed by atoms with E-state index in [1.165, 1.54) is 0 Å². The largest absolute Gasteiger partial charge is 0.497 e. The number of fused-ring (bicyclic) bond motifs is 5. The number of hydrogen-bond acceptors (Lipinski definition) is 7. The molecule has 0 aliphatic carbocycles. The predicted octanol–water partition coefficient (Wildman–Crippen LogP) is 5.09. The van der Waals surface area contributed by atoms with Crippen LogP contribution < -0.4 is 10.3 Å². The van der Waals surface area contributed by atoms with Crippen molar-refractivity contribution in [1.29, 1.82) is 0 Å². The Morgan fingerprint density at radius 2 is 2.00 bits per heavy atom. The molecule has 0 saturated heterocycles. The average molecular weight is 485 g/mol. The van der Waals surface area contributed by atoms with Gasteiger partial charge in [0.1, 0.15) is 10.6 Å². The first-order valence-electron chi connectivity index (χ1n) is 11.1. The monoisotopic (exact) mass is 484 g/mol. The Labute approximate surface area is 200 Å². The van der Waals surface area contributed by atoms with E-state index in [9.17, 15) is 4.79 Å². The maximum absolute atomic E-state index is 14.0. The molecule has 9 heteroatoms. The first-order chi connectivity index (χ1) is 15.8. The van der Waals surface area contributed by atoms with Gasteiger partial charge in [0.15, 0.2) is 5.16 Å². The number of ether oxygens (including phenoxy) is 2. The Morgan fingerprint density at radius 3 is 2.70 bits per heavy atom. The molecule has 1 aliphatic rings. The van der Waals surface area contributed by atoms with Crippen molar-refractivity contribution < 1.29 is 9.47 Å². The zero-order valence-electron chi connectivity index (χ0n) is 19.5. The van der Waals surface area contributed by atoms with Gasteiger partial charge < -0.3 is 9.47 Å². The van der Waals surface area contributed by atoms with Gasteiger partial charge in [-0.2, -0.15) is 0 Å². The molecule has 0 unspecified atom stereocenters. The van der Waals surface area contributed by atoms with Gasteiger partial charge in [-0.3, -0.25) is 4.79 Å². The minimum Gasteiger partial charge on any atom is -0.497 e. The molecule has 0 bridgehead atoms. The molecule has 0 amide bonds. The molecule has 4 heterocycles. The summed E-state index contributed by atoms with van der Waals surface area (Å²) in [6.07, 6.45) is 1.79. The van der Waals surface area contributed by atoms with Crippen molar-refractivity contribution in [2.24, 2.45) is 5.92 Å². The smallest absolute Gasteiger partial charge is 0.268 e. The van der Waals surface area contributed by atoms with Gasteiger partial charge >= 0.3 is 0 Å². The van der Waals surface area contributed by atoms with E-state index >= 15 is 0 Å². The SMILES string of the molecule is COc1ccc(-n2c(=O)c3c4c(sc3n3c(SCCC(C)C)nnc23)COC(C)(C)C4)cc1. The van der Waals surface area contributed by atoms with Crippen LogP contribution >= 0.6 is 23.1 Å². The summed E-state index contributed by atoms with van der Waals surface area (Å²) in [4.78, 5) is 16.0. The number of aromatic nitrogens is 4. The van der Waals surface area contributed by atoms with Crippen molar-refractivity contribution in [1.82, 2.24) is 19.2 Å². The van der Waals surface area contributed by atoms with Crippen LogP contribution in [-0.2, 0) is 17.8 Å². The molecule has 0 radical (unpaired) electrons. The molecule has 174 valence electrons. The van der Waals surface area contributed by atoms with Crippen LogP contribution in [0.5, 0.6) is 5.75 Å². The lowest BCUT2D eigenvalue weighted by molar-refractivity contribution is -0.0379. The van der Waals surface area contributed by atoms with Gasteiger partial charge in [0, 0.05) is 17.1 Å². The molecular weight excluding hydrogens is 456 g/mol. The van der Waals surface area contributed by atoms with Crippen LogP contribution in [0.3, 0.4) is 0 Å². The van der Waals surface area contributed by atoms with Gasteiger partial charge in [-0.25, -0.2) is 8.97 Å². The minimum atomic E-state index is -0.310. The zero-order valence-corrected chi connectivity index (χ0v) is 21.2. The Balaban J connectivity index is 1.78. The second-order valence-electron chi connectivity index (χ2n) is 9.40. The van der Waals surface area contributed by atoms with Crippen molar-refractivity contribution in [3.8, 4) is 11.4 Å². The summed E-state index contributed by atoms with van der Waals surface area (Å²) in [5, 5.41) is 10.6. The number of rotatable bonds is 6. The van der Waals surface area contributed by atoms with E-state index in [-0.39, 0.29) is 11.2 Å². The summed E-state index contributed by atoms with van der Waals surface area (Å²) in [7, 11) is 1.63. The van der Waals surface area contributed by atoms with Crippen LogP contribution in [0.1, 0.15) is 44.6 Å². The van der Waals surface area contributed by atoms with Crippen LogP contribution in [0.15, 0.2) is 34.2 Å². The number of benzene rings is 1. The van der Waals surface area contributed by atoms with Crippen molar-refractivity contribution in [3.63, 3.8) is 0 Å². The quantitative estimate of drug-likeness (QED) is 0.355. The number of thiophene rings is 1. The van der Waals surface area contributed by atoms with E-state index in [4.69, 9.17) is 9.47 Å². The normalized spacial score (nSPS) is 15.5. The molecule has 1 aliphatic heterocycles. The second kappa shape index (κ2) is 8.45. The van der Waals surface area contributed by atoms with E-state index in [1.807, 2.05) is 24.3 Å². The van der Waals surface area contributed by atoms with Crippen LogP contribution in [0.25, 0.3) is 21.7 Å². The lowest BCUT2D eigenvalue weighted by Gasteiger charge is -2.29. The highest BCUT2D eigenvalue weighted by atomic mass is 32.2. The van der Waals surface area contributed by atoms with Gasteiger partial charge in [-0.15, -0.1) is 21.5 Å². The van der Waals surface area contributed by atoms with Crippen LogP contribution in [0, 0.1) is 5.92 Å². The van der Waals surface area contributed by atoms with Crippen LogP contribution in [0.2, 0.25) is 0 Å². The van der Waals surface area contributed by atoms with E-state index < -0.39 is 0 Å². The Kier molecular flexibility index (Phi) is 5.74. The summed E-state index contributed by atoms with van der Waals surface area (Å²) >= 11 is 3.31. The van der Waals surface area contributed by atoms with Crippen LogP contribution in [-0.4, -0.2) is 37.6 Å². The fourth-order valence-electron chi connectivity index (χ4n) is 4.15. The molecule has 1 aromatic carbocycles. The summed E-state index contributed by atoms with van der Waals surface area (Å²) in [6, 6.07) is 7.49. The molecule has 0 fully saturated rings. The Morgan fingerprint density at radius 1 is 1.24 bits per heavy atom. The van der Waals surface area contributed by atoms with Gasteiger partial charge in [0.25, 0.3) is 5.56 Å². The second-order valence-corrected chi connectivity index (χ2v) is 11.5. The number of hydrogen-bond donors (Lipinski definition) is 0. The molecule has 0 atom stereocenters.